The predicted octanol–water partition coefficient (Wildman–Crippen LogP) is 1.70. The monoisotopic (exact) mass is 312 g/mol. The van der Waals surface area contributed by atoms with Crippen LogP contribution in [0.15, 0.2) is 23.4 Å². The van der Waals surface area contributed by atoms with E-state index in [0.717, 1.165) is 0 Å². The molecule has 0 aliphatic carbocycles. The number of hydrogen-bond donors (Lipinski definition) is 1. The van der Waals surface area contributed by atoms with Gasteiger partial charge in [-0.05, 0) is 36.6 Å². The maximum absolute atomic E-state index is 13.2. The second-order valence-corrected chi connectivity index (χ2v) is 6.77. The van der Waals surface area contributed by atoms with Gasteiger partial charge in [0.2, 0.25) is 0 Å². The molecule has 1 aromatic heterocycles. The Bertz CT molecular complexity index is 768. The van der Waals surface area contributed by atoms with E-state index in [-0.39, 0.29) is 16.9 Å². The Labute approximate surface area is 122 Å². The van der Waals surface area contributed by atoms with Gasteiger partial charge in [0.15, 0.2) is 5.82 Å². The van der Waals surface area contributed by atoms with E-state index in [2.05, 4.69) is 10.2 Å². The van der Waals surface area contributed by atoms with Crippen molar-refractivity contribution in [3.05, 3.63) is 29.6 Å². The summed E-state index contributed by atoms with van der Waals surface area (Å²) in [5, 5.41) is 12.5. The lowest BCUT2D eigenvalue weighted by atomic mass is 10.1. The quantitative estimate of drug-likeness (QED) is 0.930. The highest BCUT2D eigenvalue weighted by molar-refractivity contribution is 7.89. The van der Waals surface area contributed by atoms with Crippen LogP contribution in [0.5, 0.6) is 0 Å². The Hall–Kier alpha value is -1.80. The van der Waals surface area contributed by atoms with Gasteiger partial charge in [0.1, 0.15) is 5.82 Å². The van der Waals surface area contributed by atoms with Gasteiger partial charge in [-0.3, -0.25) is 4.57 Å². The minimum absolute atomic E-state index is 0.168. The van der Waals surface area contributed by atoms with Crippen molar-refractivity contribution in [2.75, 3.05) is 0 Å². The second-order valence-electron chi connectivity index (χ2n) is 5.31. The summed E-state index contributed by atoms with van der Waals surface area (Å²) in [5.41, 5.74) is 1.27. The highest BCUT2D eigenvalue weighted by atomic mass is 32.2. The molecule has 0 amide bonds. The summed E-state index contributed by atoms with van der Waals surface area (Å²) in [6.45, 7) is 6.00. The summed E-state index contributed by atoms with van der Waals surface area (Å²) in [5.74, 6) is 0.170. The molecule has 2 N–H and O–H groups in total. The van der Waals surface area contributed by atoms with Gasteiger partial charge < -0.3 is 0 Å². The molecule has 1 aromatic carbocycles. The van der Waals surface area contributed by atoms with Crippen molar-refractivity contribution in [2.45, 2.75) is 32.5 Å². The van der Waals surface area contributed by atoms with E-state index in [9.17, 15) is 12.8 Å². The zero-order valence-electron chi connectivity index (χ0n) is 12.0. The summed E-state index contributed by atoms with van der Waals surface area (Å²) < 4.78 is 37.9. The third-order valence-electron chi connectivity index (χ3n) is 2.95. The van der Waals surface area contributed by atoms with Crippen LogP contribution < -0.4 is 5.14 Å². The van der Waals surface area contributed by atoms with Crippen LogP contribution in [0.4, 0.5) is 4.39 Å². The topological polar surface area (TPSA) is 90.9 Å². The van der Waals surface area contributed by atoms with Crippen LogP contribution in [0.1, 0.15) is 19.4 Å². The molecular weight excluding hydrogens is 295 g/mol. The van der Waals surface area contributed by atoms with Crippen LogP contribution >= 0.6 is 0 Å². The fourth-order valence-corrected chi connectivity index (χ4v) is 2.73. The highest BCUT2D eigenvalue weighted by Crippen LogP contribution is 2.25. The molecule has 0 bridgehead atoms. The van der Waals surface area contributed by atoms with Crippen LogP contribution in [-0.4, -0.2) is 23.2 Å². The van der Waals surface area contributed by atoms with E-state index < -0.39 is 10.0 Å². The summed E-state index contributed by atoms with van der Waals surface area (Å²) in [6, 6.07) is 4.21. The first-order chi connectivity index (χ1) is 9.70. The van der Waals surface area contributed by atoms with Gasteiger partial charge >= 0.3 is 0 Å². The second kappa shape index (κ2) is 5.53. The van der Waals surface area contributed by atoms with Crippen molar-refractivity contribution in [2.24, 2.45) is 11.1 Å². The number of primary sulfonamides is 1. The molecule has 0 unspecified atom stereocenters. The summed E-state index contributed by atoms with van der Waals surface area (Å²) in [6.07, 6.45) is 0. The molecule has 0 saturated heterocycles. The van der Waals surface area contributed by atoms with Gasteiger partial charge in [0.25, 0.3) is 15.2 Å². The number of nitrogens with two attached hydrogens (primary N) is 1. The lowest BCUT2D eigenvalue weighted by Gasteiger charge is -2.13. The number of halogens is 1. The third kappa shape index (κ3) is 3.27. The van der Waals surface area contributed by atoms with E-state index in [1.165, 1.54) is 16.7 Å². The standard InChI is InChI=1S/C13H17FN4O2S/c1-8(2)7-18-12(16-17-13(18)21(15,19)20)11-5-4-10(14)6-9(11)3/h4-6,8H,7H2,1-3H3,(H2,15,19,20). The van der Waals surface area contributed by atoms with Gasteiger partial charge in [-0.25, -0.2) is 17.9 Å². The molecule has 2 aromatic rings. The van der Waals surface area contributed by atoms with Crippen LogP contribution in [0.25, 0.3) is 11.4 Å². The third-order valence-corrected chi connectivity index (χ3v) is 3.76. The molecule has 21 heavy (non-hydrogen) atoms. The molecule has 0 fully saturated rings. The number of sulfonamides is 1. The molecular formula is C13H17FN4O2S. The van der Waals surface area contributed by atoms with Gasteiger partial charge in [-0.1, -0.05) is 13.8 Å². The predicted molar refractivity (Wildman–Crippen MR) is 76.4 cm³/mol. The highest BCUT2D eigenvalue weighted by Gasteiger charge is 2.23. The fraction of sp³-hybridized carbons (Fsp3) is 0.385. The molecule has 0 radical (unpaired) electrons. The molecule has 0 spiro atoms. The first kappa shape index (κ1) is 15.6. The van der Waals surface area contributed by atoms with Crippen molar-refractivity contribution < 1.29 is 12.8 Å². The lowest BCUT2D eigenvalue weighted by molar-refractivity contribution is 0.486. The van der Waals surface area contributed by atoms with Crippen molar-refractivity contribution in [1.82, 2.24) is 14.8 Å². The summed E-state index contributed by atoms with van der Waals surface area (Å²) >= 11 is 0. The zero-order valence-corrected chi connectivity index (χ0v) is 12.9. The molecule has 0 aliphatic rings. The van der Waals surface area contributed by atoms with Gasteiger partial charge in [0.05, 0.1) is 0 Å². The molecule has 1 heterocycles. The SMILES string of the molecule is Cc1cc(F)ccc1-c1nnc(S(N)(=O)=O)n1CC(C)C. The van der Waals surface area contributed by atoms with E-state index in [0.29, 0.717) is 23.5 Å². The first-order valence-corrected chi connectivity index (χ1v) is 7.97. The molecule has 114 valence electrons. The summed E-state index contributed by atoms with van der Waals surface area (Å²) in [7, 11) is -3.97. The van der Waals surface area contributed by atoms with Gasteiger partial charge in [-0.15, -0.1) is 10.2 Å². The Kier molecular flexibility index (Phi) is 4.11. The molecule has 8 heteroatoms. The van der Waals surface area contributed by atoms with Crippen LogP contribution in [0.3, 0.4) is 0 Å². The molecule has 0 saturated carbocycles. The lowest BCUT2D eigenvalue weighted by Crippen LogP contribution is -2.20. The number of aryl methyl sites for hydroxylation is 1. The Morgan fingerprint density at radius 2 is 2.00 bits per heavy atom. The van der Waals surface area contributed by atoms with E-state index in [1.807, 2.05) is 13.8 Å². The van der Waals surface area contributed by atoms with Gasteiger partial charge in [-0.2, -0.15) is 0 Å². The zero-order chi connectivity index (χ0) is 15.8. The minimum atomic E-state index is -3.97. The van der Waals surface area contributed by atoms with E-state index in [1.54, 1.807) is 13.0 Å². The summed E-state index contributed by atoms with van der Waals surface area (Å²) in [4.78, 5) is 0. The van der Waals surface area contributed by atoms with E-state index in [4.69, 9.17) is 5.14 Å². The number of hydrogen-bond acceptors (Lipinski definition) is 4. The largest absolute Gasteiger partial charge is 0.296 e. The molecule has 2 rings (SSSR count). The van der Waals surface area contributed by atoms with Crippen molar-refractivity contribution in [3.8, 4) is 11.4 Å². The van der Waals surface area contributed by atoms with Crippen molar-refractivity contribution in [1.29, 1.82) is 0 Å². The smallest absolute Gasteiger partial charge is 0.273 e. The van der Waals surface area contributed by atoms with Crippen LogP contribution in [-0.2, 0) is 16.6 Å². The maximum Gasteiger partial charge on any atom is 0.273 e. The number of nitrogens with zero attached hydrogens (tertiary/aromatic N) is 3. The molecule has 6 nitrogen and oxygen atoms in total. The number of benzene rings is 1. The van der Waals surface area contributed by atoms with Crippen molar-refractivity contribution >= 4 is 10.0 Å². The average Bonchev–Trinajstić information content (AvgIpc) is 2.71. The van der Waals surface area contributed by atoms with Gasteiger partial charge in [0, 0.05) is 12.1 Å². The fourth-order valence-electron chi connectivity index (χ4n) is 2.11. The molecule has 0 aliphatic heterocycles. The van der Waals surface area contributed by atoms with E-state index >= 15 is 0 Å². The minimum Gasteiger partial charge on any atom is -0.296 e. The average molecular weight is 312 g/mol. The molecule has 0 atom stereocenters. The first-order valence-electron chi connectivity index (χ1n) is 6.42. The van der Waals surface area contributed by atoms with Crippen LogP contribution in [0, 0.1) is 18.7 Å². The normalized spacial score (nSPS) is 12.1. The number of aromatic nitrogens is 3. The number of rotatable bonds is 4. The Morgan fingerprint density at radius 1 is 1.33 bits per heavy atom. The Morgan fingerprint density at radius 3 is 2.52 bits per heavy atom. The Balaban J connectivity index is 2.66. The van der Waals surface area contributed by atoms with Crippen molar-refractivity contribution in [3.63, 3.8) is 0 Å². The van der Waals surface area contributed by atoms with Crippen LogP contribution in [0.2, 0.25) is 0 Å². The maximum atomic E-state index is 13.2.